The van der Waals surface area contributed by atoms with Crippen LogP contribution in [0.4, 0.5) is 4.39 Å². The fourth-order valence-electron chi connectivity index (χ4n) is 4.52. The topological polar surface area (TPSA) is 95.2 Å². The van der Waals surface area contributed by atoms with Gasteiger partial charge < -0.3 is 10.3 Å². The van der Waals surface area contributed by atoms with Crippen molar-refractivity contribution < 1.29 is 4.39 Å². The van der Waals surface area contributed by atoms with Crippen LogP contribution >= 0.6 is 0 Å². The summed E-state index contributed by atoms with van der Waals surface area (Å²) >= 11 is 0. The highest BCUT2D eigenvalue weighted by Gasteiger charge is 2.21. The van der Waals surface area contributed by atoms with E-state index in [9.17, 15) is 0 Å². The number of hydrogen-bond donors (Lipinski definition) is 3. The van der Waals surface area contributed by atoms with Gasteiger partial charge in [0.25, 0.3) is 0 Å². The van der Waals surface area contributed by atoms with Gasteiger partial charge in [-0.3, -0.25) is 15.1 Å². The SMILES string of the molecule is C=C/C(=C\C(=C/C)c1ncc2[nH]nc(-c3nc4c(-c5ccncc5)cccc4[nH]3)c2c1F)NC(=C)CCCC. The lowest BCUT2D eigenvalue weighted by molar-refractivity contribution is 0.630. The first-order chi connectivity index (χ1) is 19.0. The number of imidazole rings is 1. The molecule has 39 heavy (non-hydrogen) atoms. The Hall–Kier alpha value is -4.85. The van der Waals surface area contributed by atoms with Crippen molar-refractivity contribution in [3.63, 3.8) is 0 Å². The molecule has 8 heteroatoms. The Morgan fingerprint density at radius 3 is 2.72 bits per heavy atom. The molecule has 5 rings (SSSR count). The molecule has 0 saturated carbocycles. The molecular weight excluding hydrogens is 489 g/mol. The number of halogens is 1. The van der Waals surface area contributed by atoms with Crippen LogP contribution in [0.1, 0.15) is 38.8 Å². The molecular formula is C31H30FN7. The first-order valence-corrected chi connectivity index (χ1v) is 12.9. The first-order valence-electron chi connectivity index (χ1n) is 12.9. The van der Waals surface area contributed by atoms with E-state index in [0.29, 0.717) is 28.0 Å². The summed E-state index contributed by atoms with van der Waals surface area (Å²) in [6, 6.07) is 9.76. The van der Waals surface area contributed by atoms with Crippen molar-refractivity contribution in [1.82, 2.24) is 35.5 Å². The molecule has 0 amide bonds. The number of allylic oxidation sites excluding steroid dienone is 5. The predicted octanol–water partition coefficient (Wildman–Crippen LogP) is 7.47. The number of aromatic nitrogens is 6. The molecule has 0 fully saturated rings. The molecule has 4 heterocycles. The summed E-state index contributed by atoms with van der Waals surface area (Å²) < 4.78 is 16.2. The number of benzene rings is 1. The highest BCUT2D eigenvalue weighted by Crippen LogP contribution is 2.33. The van der Waals surface area contributed by atoms with E-state index in [1.165, 1.54) is 0 Å². The van der Waals surface area contributed by atoms with Gasteiger partial charge in [0.2, 0.25) is 0 Å². The van der Waals surface area contributed by atoms with E-state index >= 15 is 4.39 Å². The van der Waals surface area contributed by atoms with E-state index < -0.39 is 5.82 Å². The van der Waals surface area contributed by atoms with Crippen molar-refractivity contribution in [2.45, 2.75) is 33.1 Å². The molecule has 0 aliphatic rings. The lowest BCUT2D eigenvalue weighted by atomic mass is 10.1. The molecule has 5 aromatic rings. The number of nitrogens with one attached hydrogen (secondary N) is 3. The fourth-order valence-corrected chi connectivity index (χ4v) is 4.52. The maximum atomic E-state index is 16.2. The van der Waals surface area contributed by atoms with Crippen molar-refractivity contribution in [3.05, 3.63) is 103 Å². The molecule has 7 nitrogen and oxygen atoms in total. The normalized spacial score (nSPS) is 12.3. The quantitative estimate of drug-likeness (QED) is 0.166. The molecule has 196 valence electrons. The maximum Gasteiger partial charge on any atom is 0.161 e. The highest BCUT2D eigenvalue weighted by atomic mass is 19.1. The third-order valence-corrected chi connectivity index (χ3v) is 6.54. The summed E-state index contributed by atoms with van der Waals surface area (Å²) in [5, 5.41) is 10.9. The van der Waals surface area contributed by atoms with Gasteiger partial charge in [0.05, 0.1) is 28.1 Å². The van der Waals surface area contributed by atoms with Crippen molar-refractivity contribution in [2.24, 2.45) is 0 Å². The molecule has 0 aliphatic heterocycles. The van der Waals surface area contributed by atoms with Gasteiger partial charge in [-0.25, -0.2) is 9.37 Å². The van der Waals surface area contributed by atoms with E-state index in [4.69, 9.17) is 4.98 Å². The van der Waals surface area contributed by atoms with Crippen molar-refractivity contribution >= 4 is 27.5 Å². The van der Waals surface area contributed by atoms with Crippen LogP contribution in [0.5, 0.6) is 0 Å². The largest absolute Gasteiger partial charge is 0.359 e. The molecule has 0 unspecified atom stereocenters. The van der Waals surface area contributed by atoms with Gasteiger partial charge in [0, 0.05) is 34.9 Å². The van der Waals surface area contributed by atoms with Gasteiger partial charge in [-0.15, -0.1) is 0 Å². The molecule has 0 atom stereocenters. The number of aromatic amines is 2. The zero-order valence-electron chi connectivity index (χ0n) is 22.1. The average molecular weight is 520 g/mol. The zero-order chi connectivity index (χ0) is 27.4. The van der Waals surface area contributed by atoms with Gasteiger partial charge in [0.15, 0.2) is 11.6 Å². The van der Waals surface area contributed by atoms with Crippen molar-refractivity contribution in [3.8, 4) is 22.6 Å². The lowest BCUT2D eigenvalue weighted by Gasteiger charge is -2.12. The third kappa shape index (κ3) is 5.13. The van der Waals surface area contributed by atoms with Crippen LogP contribution < -0.4 is 5.32 Å². The van der Waals surface area contributed by atoms with Crippen molar-refractivity contribution in [1.29, 1.82) is 0 Å². The zero-order valence-corrected chi connectivity index (χ0v) is 22.1. The summed E-state index contributed by atoms with van der Waals surface area (Å²) in [6.45, 7) is 12.0. The van der Waals surface area contributed by atoms with Crippen LogP contribution in [-0.4, -0.2) is 30.1 Å². The van der Waals surface area contributed by atoms with Crippen LogP contribution in [0, 0.1) is 5.82 Å². The molecule has 4 aromatic heterocycles. The Morgan fingerprint density at radius 2 is 1.97 bits per heavy atom. The molecule has 3 N–H and O–H groups in total. The summed E-state index contributed by atoms with van der Waals surface area (Å²) in [7, 11) is 0. The number of nitrogens with zero attached hydrogens (tertiary/aromatic N) is 4. The number of H-pyrrole nitrogens is 2. The Balaban J connectivity index is 1.56. The molecule has 0 radical (unpaired) electrons. The van der Waals surface area contributed by atoms with E-state index in [1.807, 2.05) is 49.4 Å². The second kappa shape index (κ2) is 11.3. The Morgan fingerprint density at radius 1 is 1.15 bits per heavy atom. The third-order valence-electron chi connectivity index (χ3n) is 6.54. The van der Waals surface area contributed by atoms with Crippen LogP contribution in [0.25, 0.3) is 50.2 Å². The Bertz CT molecular complexity index is 1720. The second-order valence-corrected chi connectivity index (χ2v) is 9.18. The van der Waals surface area contributed by atoms with Gasteiger partial charge in [0.1, 0.15) is 11.4 Å². The van der Waals surface area contributed by atoms with Gasteiger partial charge >= 0.3 is 0 Å². The van der Waals surface area contributed by atoms with Crippen LogP contribution in [0.3, 0.4) is 0 Å². The summed E-state index contributed by atoms with van der Waals surface area (Å²) in [4.78, 5) is 16.7. The minimum absolute atomic E-state index is 0.210. The number of unbranched alkanes of at least 4 members (excludes halogenated alkanes) is 1. The smallest absolute Gasteiger partial charge is 0.161 e. The second-order valence-electron chi connectivity index (χ2n) is 9.18. The molecule has 1 aromatic carbocycles. The summed E-state index contributed by atoms with van der Waals surface area (Å²) in [6.07, 6.45) is 13.4. The van der Waals surface area contributed by atoms with Crippen LogP contribution in [0.2, 0.25) is 0 Å². The van der Waals surface area contributed by atoms with E-state index in [-0.39, 0.29) is 5.69 Å². The average Bonchev–Trinajstić information content (AvgIpc) is 3.60. The Kier molecular flexibility index (Phi) is 7.45. The molecule has 0 bridgehead atoms. The molecule has 0 spiro atoms. The lowest BCUT2D eigenvalue weighted by Crippen LogP contribution is -2.10. The minimum atomic E-state index is -0.483. The standard InChI is InChI=1S/C31H30FN7/c1-5-8-10-19(4)35-22(7-3)17-20(6-2)28-27(32)26-25(18-34-28)38-39-30(26)31-36-24-12-9-11-23(29(24)37-31)21-13-15-33-16-14-21/h6-7,9,11-18,35H,3-5,8,10H2,1-2H3,(H,36,37)(H,38,39)/b20-6+,22-17+. The minimum Gasteiger partial charge on any atom is -0.359 e. The van der Waals surface area contributed by atoms with Crippen molar-refractivity contribution in [2.75, 3.05) is 0 Å². The first kappa shape index (κ1) is 25.8. The fraction of sp³-hybridized carbons (Fsp3) is 0.161. The number of para-hydroxylation sites is 1. The van der Waals surface area contributed by atoms with Gasteiger partial charge in [-0.05, 0) is 55.7 Å². The molecule has 0 saturated heterocycles. The molecule has 0 aliphatic carbocycles. The van der Waals surface area contributed by atoms with E-state index in [2.05, 4.69) is 50.5 Å². The van der Waals surface area contributed by atoms with Crippen LogP contribution in [-0.2, 0) is 0 Å². The van der Waals surface area contributed by atoms with Gasteiger partial charge in [-0.1, -0.05) is 44.7 Å². The maximum absolute atomic E-state index is 16.2. The summed E-state index contributed by atoms with van der Waals surface area (Å²) in [5.41, 5.74) is 6.83. The number of rotatable bonds is 10. The van der Waals surface area contributed by atoms with E-state index in [0.717, 1.165) is 52.8 Å². The highest BCUT2D eigenvalue weighted by molar-refractivity contribution is 5.98. The number of fused-ring (bicyclic) bond motifs is 2. The Labute approximate surface area is 226 Å². The predicted molar refractivity (Wildman–Crippen MR) is 156 cm³/mol. The van der Waals surface area contributed by atoms with Crippen LogP contribution in [0.15, 0.2) is 91.7 Å². The number of hydrogen-bond acceptors (Lipinski definition) is 5. The number of pyridine rings is 2. The van der Waals surface area contributed by atoms with Gasteiger partial charge in [-0.2, -0.15) is 5.10 Å². The monoisotopic (exact) mass is 519 g/mol. The summed E-state index contributed by atoms with van der Waals surface area (Å²) in [5.74, 6) is -0.0179. The van der Waals surface area contributed by atoms with E-state index in [1.54, 1.807) is 24.7 Å².